The molecule has 0 aliphatic carbocycles. The summed E-state index contributed by atoms with van der Waals surface area (Å²) in [5.74, 6) is 1.92. The Labute approximate surface area is 468 Å². The number of aromatic nitrogens is 2. The Bertz CT molecular complexity index is 2800. The van der Waals surface area contributed by atoms with Crippen LogP contribution in [0.5, 0.6) is 11.5 Å². The molecular formula is C60H74Cl4N6O6. The number of unbranched alkanes of at least 4 members (excludes halogenated alkanes) is 2. The maximum Gasteiger partial charge on any atom is 0.251 e. The molecule has 6 aromatic rings. The SMILES string of the molecule is CCC(C)C(=O)CCn1c(=O)ccc2ccc(OCCCCN3CCN(c4cccc(Cl)c4Cl)CC3)cc21.CCC(C)C(=O)CCn1c(=O)ccc2ccc(OCCCCN3CCN(c4cccc(Cl)c4Cl)CC3)cc21. The van der Waals surface area contributed by atoms with Crippen molar-refractivity contribution in [2.45, 2.75) is 92.2 Å². The maximum atomic E-state index is 12.6. The molecule has 16 heteroatoms. The molecule has 2 aliphatic heterocycles. The van der Waals surface area contributed by atoms with Gasteiger partial charge in [0.1, 0.15) is 23.1 Å². The van der Waals surface area contributed by atoms with Gasteiger partial charge in [-0.05, 0) is 123 Å². The lowest BCUT2D eigenvalue weighted by Crippen LogP contribution is -2.46. The quantitative estimate of drug-likeness (QED) is 0.0544. The molecule has 2 unspecified atom stereocenters. The molecule has 12 nitrogen and oxygen atoms in total. The fourth-order valence-corrected chi connectivity index (χ4v) is 10.6. The van der Waals surface area contributed by atoms with Crippen LogP contribution in [0, 0.1) is 11.8 Å². The Morgan fingerprint density at radius 1 is 0.500 bits per heavy atom. The van der Waals surface area contributed by atoms with Crippen LogP contribution in [0.2, 0.25) is 20.1 Å². The summed E-state index contributed by atoms with van der Waals surface area (Å²) in [6, 6.07) is 30.1. The molecule has 408 valence electrons. The number of nitrogens with zero attached hydrogens (tertiary/aromatic N) is 6. The van der Waals surface area contributed by atoms with Gasteiger partial charge in [-0.15, -0.1) is 0 Å². The molecule has 0 saturated carbocycles. The topological polar surface area (TPSA) is 110 Å². The largest absolute Gasteiger partial charge is 0.494 e. The average Bonchev–Trinajstić information content (AvgIpc) is 3.43. The molecule has 2 aromatic heterocycles. The van der Waals surface area contributed by atoms with Crippen molar-refractivity contribution in [3.8, 4) is 11.5 Å². The molecule has 8 rings (SSSR count). The van der Waals surface area contributed by atoms with Crippen molar-refractivity contribution in [3.05, 3.63) is 138 Å². The van der Waals surface area contributed by atoms with E-state index in [1.165, 1.54) is 0 Å². The highest BCUT2D eigenvalue weighted by Crippen LogP contribution is 2.34. The Morgan fingerprint density at radius 2 is 0.882 bits per heavy atom. The van der Waals surface area contributed by atoms with E-state index in [4.69, 9.17) is 55.9 Å². The average molecular weight is 1120 g/mol. The molecular weight excluding hydrogens is 1040 g/mol. The highest BCUT2D eigenvalue weighted by molar-refractivity contribution is 6.44. The van der Waals surface area contributed by atoms with Crippen molar-refractivity contribution in [2.75, 3.05) is 88.5 Å². The van der Waals surface area contributed by atoms with E-state index in [1.54, 1.807) is 21.3 Å². The van der Waals surface area contributed by atoms with Crippen LogP contribution >= 0.6 is 46.4 Å². The van der Waals surface area contributed by atoms with Gasteiger partial charge in [-0.1, -0.05) is 86.2 Å². The van der Waals surface area contributed by atoms with E-state index < -0.39 is 0 Å². The Kier molecular flexibility index (Phi) is 22.4. The smallest absolute Gasteiger partial charge is 0.251 e. The Balaban J connectivity index is 0.000000221. The molecule has 4 heterocycles. The maximum absolute atomic E-state index is 12.6. The third-order valence-corrected chi connectivity index (χ3v) is 16.6. The summed E-state index contributed by atoms with van der Waals surface area (Å²) < 4.78 is 15.5. The number of anilines is 2. The van der Waals surface area contributed by atoms with Crippen molar-refractivity contribution in [1.82, 2.24) is 18.9 Å². The van der Waals surface area contributed by atoms with Crippen molar-refractivity contribution >= 4 is 91.2 Å². The highest BCUT2D eigenvalue weighted by atomic mass is 35.5. The molecule has 4 aromatic carbocycles. The first-order chi connectivity index (χ1) is 36.7. The standard InChI is InChI=1S/2C30H37Cl2N3O3/c2*1-3-22(2)28(36)13-15-35-27-21-24(11-9-23(27)10-12-29(35)37)38-20-5-4-14-33-16-18-34(19-17-33)26-8-6-7-25(31)30(26)32/h2*6-12,21-22H,3-5,13-20H2,1-2H3. The molecule has 76 heavy (non-hydrogen) atoms. The van der Waals surface area contributed by atoms with Crippen LogP contribution in [0.25, 0.3) is 21.8 Å². The van der Waals surface area contributed by atoms with Gasteiger partial charge in [0.05, 0.1) is 55.7 Å². The van der Waals surface area contributed by atoms with Crippen LogP contribution < -0.4 is 30.4 Å². The normalized spacial score (nSPS) is 15.1. The first-order valence-corrected chi connectivity index (χ1v) is 28.7. The fraction of sp³-hybridized carbons (Fsp3) is 0.467. The monoisotopic (exact) mass is 1110 g/mol. The zero-order chi connectivity index (χ0) is 54.1. The number of ketones is 2. The minimum absolute atomic E-state index is 0.0184. The first kappa shape index (κ1) is 58.6. The number of Topliss-reactive ketones (excluding diaryl/α,β-unsaturated/α-hetero) is 2. The van der Waals surface area contributed by atoms with E-state index in [1.807, 2.05) is 113 Å². The summed E-state index contributed by atoms with van der Waals surface area (Å²) in [5.41, 5.74) is 3.45. The molecule has 0 spiro atoms. The van der Waals surface area contributed by atoms with Crippen molar-refractivity contribution in [3.63, 3.8) is 0 Å². The third-order valence-electron chi connectivity index (χ3n) is 15.0. The molecule has 0 amide bonds. The van der Waals surface area contributed by atoms with Gasteiger partial charge in [-0.25, -0.2) is 0 Å². The number of hydrogen-bond acceptors (Lipinski definition) is 10. The molecule has 0 bridgehead atoms. The Hall–Kier alpha value is -5.08. The molecule has 0 N–H and O–H groups in total. The number of fused-ring (bicyclic) bond motifs is 2. The minimum atomic E-state index is -0.0932. The van der Waals surface area contributed by atoms with Gasteiger partial charge in [-0.3, -0.25) is 29.0 Å². The summed E-state index contributed by atoms with van der Waals surface area (Å²) in [7, 11) is 0. The summed E-state index contributed by atoms with van der Waals surface area (Å²) in [6.07, 6.45) is 6.35. The van der Waals surface area contributed by atoms with Gasteiger partial charge in [-0.2, -0.15) is 0 Å². The van der Waals surface area contributed by atoms with Crippen LogP contribution in [0.15, 0.2) is 107 Å². The predicted molar refractivity (Wildman–Crippen MR) is 314 cm³/mol. The highest BCUT2D eigenvalue weighted by Gasteiger charge is 2.22. The van der Waals surface area contributed by atoms with Gasteiger partial charge in [0.2, 0.25) is 0 Å². The van der Waals surface area contributed by atoms with E-state index in [0.717, 1.165) is 149 Å². The number of halogens is 4. The third kappa shape index (κ3) is 16.0. The van der Waals surface area contributed by atoms with E-state index in [-0.39, 0.29) is 34.5 Å². The lowest BCUT2D eigenvalue weighted by Gasteiger charge is -2.36. The van der Waals surface area contributed by atoms with Crippen molar-refractivity contribution in [1.29, 1.82) is 0 Å². The van der Waals surface area contributed by atoms with Gasteiger partial charge in [0.15, 0.2) is 0 Å². The number of carbonyl (C=O) groups is 2. The first-order valence-electron chi connectivity index (χ1n) is 27.1. The molecule has 2 atom stereocenters. The van der Waals surface area contributed by atoms with Crippen LogP contribution in [-0.4, -0.2) is 109 Å². The van der Waals surface area contributed by atoms with Crippen LogP contribution in [-0.2, 0) is 22.7 Å². The van der Waals surface area contributed by atoms with Gasteiger partial charge in [0.25, 0.3) is 11.1 Å². The molecule has 2 saturated heterocycles. The number of aryl methyl sites for hydroxylation is 2. The van der Waals surface area contributed by atoms with E-state index in [2.05, 4.69) is 19.6 Å². The van der Waals surface area contributed by atoms with Crippen LogP contribution in [0.4, 0.5) is 11.4 Å². The van der Waals surface area contributed by atoms with E-state index in [9.17, 15) is 19.2 Å². The number of carbonyl (C=O) groups excluding carboxylic acids is 2. The molecule has 2 fully saturated rings. The number of benzene rings is 4. The van der Waals surface area contributed by atoms with Gasteiger partial charge in [0, 0.05) is 114 Å². The lowest BCUT2D eigenvalue weighted by molar-refractivity contribution is -0.123. The number of piperazine rings is 2. The number of rotatable bonds is 24. The van der Waals surface area contributed by atoms with Crippen molar-refractivity contribution in [2.24, 2.45) is 11.8 Å². The van der Waals surface area contributed by atoms with Crippen molar-refractivity contribution < 1.29 is 19.1 Å². The summed E-state index contributed by atoms with van der Waals surface area (Å²) in [6.45, 7) is 19.7. The number of pyridine rings is 2. The minimum Gasteiger partial charge on any atom is -0.494 e. The lowest BCUT2D eigenvalue weighted by atomic mass is 10.0. The second kappa shape index (κ2) is 29.1. The van der Waals surface area contributed by atoms with E-state index in [0.29, 0.717) is 59.2 Å². The second-order valence-electron chi connectivity index (χ2n) is 20.1. The predicted octanol–water partition coefficient (Wildman–Crippen LogP) is 12.6. The van der Waals surface area contributed by atoms with Crippen LogP contribution in [0.1, 0.15) is 79.1 Å². The zero-order valence-electron chi connectivity index (χ0n) is 44.6. The van der Waals surface area contributed by atoms with Crippen LogP contribution in [0.3, 0.4) is 0 Å². The summed E-state index contributed by atoms with van der Waals surface area (Å²) in [4.78, 5) is 59.3. The fourth-order valence-electron chi connectivity index (χ4n) is 9.72. The molecule has 2 aliphatic rings. The van der Waals surface area contributed by atoms with Gasteiger partial charge < -0.3 is 28.4 Å². The van der Waals surface area contributed by atoms with E-state index >= 15 is 0 Å². The number of ether oxygens (including phenoxy) is 2. The zero-order valence-corrected chi connectivity index (χ0v) is 47.6. The van der Waals surface area contributed by atoms with Gasteiger partial charge >= 0.3 is 0 Å². The molecule has 0 radical (unpaired) electrons. The second-order valence-corrected chi connectivity index (χ2v) is 21.6. The number of hydrogen-bond donors (Lipinski definition) is 0. The summed E-state index contributed by atoms with van der Waals surface area (Å²) >= 11 is 25.1. The summed E-state index contributed by atoms with van der Waals surface area (Å²) in [5, 5.41) is 4.38. The Morgan fingerprint density at radius 3 is 1.26 bits per heavy atom.